The van der Waals surface area contributed by atoms with E-state index in [2.05, 4.69) is 26.0 Å². The normalized spacial score (nSPS) is 25.9. The summed E-state index contributed by atoms with van der Waals surface area (Å²) in [5.41, 5.74) is 4.74. The third kappa shape index (κ3) is 4.17. The predicted octanol–water partition coefficient (Wildman–Crippen LogP) is 5.87. The van der Waals surface area contributed by atoms with Crippen molar-refractivity contribution < 1.29 is 23.8 Å². The van der Waals surface area contributed by atoms with Gasteiger partial charge in [-0.3, -0.25) is 4.79 Å². The molecule has 1 spiro atoms. The maximum absolute atomic E-state index is 13.5. The smallest absolute Gasteiger partial charge is 0.434 e. The van der Waals surface area contributed by atoms with Crippen LogP contribution in [0.4, 0.5) is 4.79 Å². The summed E-state index contributed by atoms with van der Waals surface area (Å²) in [5.74, 6) is 1.26. The van der Waals surface area contributed by atoms with E-state index in [9.17, 15) is 9.59 Å². The van der Waals surface area contributed by atoms with Crippen molar-refractivity contribution in [3.05, 3.63) is 40.1 Å². The van der Waals surface area contributed by atoms with E-state index in [4.69, 9.17) is 14.2 Å². The first-order valence-electron chi connectivity index (χ1n) is 11.7. The van der Waals surface area contributed by atoms with Gasteiger partial charge in [-0.25, -0.2) is 4.79 Å². The molecule has 0 radical (unpaired) electrons. The molecule has 5 nitrogen and oxygen atoms in total. The Balaban J connectivity index is 1.82. The van der Waals surface area contributed by atoms with Gasteiger partial charge in [0, 0.05) is 18.9 Å². The lowest BCUT2D eigenvalue weighted by molar-refractivity contribution is -0.115. The molecule has 0 aromatic heterocycles. The van der Waals surface area contributed by atoms with Crippen molar-refractivity contribution in [2.75, 3.05) is 13.7 Å². The number of methoxy groups -OCH3 is 1. The van der Waals surface area contributed by atoms with Crippen LogP contribution in [0.1, 0.15) is 87.0 Å². The average molecular weight is 427 g/mol. The molecule has 0 amide bonds. The van der Waals surface area contributed by atoms with E-state index in [1.807, 2.05) is 0 Å². The SMILES string of the molecule is CCOC(=O)OC1=C(c2c(C)cc(C3CC3)cc2CC)C(=O)CC12CCC(OC)CC2. The molecule has 2 fully saturated rings. The molecular weight excluding hydrogens is 392 g/mol. The largest absolute Gasteiger partial charge is 0.513 e. The molecule has 0 saturated heterocycles. The zero-order chi connectivity index (χ0) is 22.2. The molecule has 0 atom stereocenters. The maximum Gasteiger partial charge on any atom is 0.513 e. The van der Waals surface area contributed by atoms with Crippen LogP contribution in [-0.2, 0) is 25.4 Å². The fraction of sp³-hybridized carbons (Fsp3) is 0.615. The quantitative estimate of drug-likeness (QED) is 0.533. The molecule has 1 aromatic rings. The van der Waals surface area contributed by atoms with E-state index >= 15 is 0 Å². The van der Waals surface area contributed by atoms with E-state index in [1.54, 1.807) is 14.0 Å². The second-order valence-electron chi connectivity index (χ2n) is 9.30. The Hall–Kier alpha value is -2.14. The molecule has 0 bridgehead atoms. The molecule has 168 valence electrons. The second kappa shape index (κ2) is 8.78. The van der Waals surface area contributed by atoms with Gasteiger partial charge in [0.1, 0.15) is 5.76 Å². The van der Waals surface area contributed by atoms with Crippen molar-refractivity contribution in [1.29, 1.82) is 0 Å². The van der Waals surface area contributed by atoms with Crippen molar-refractivity contribution in [3.8, 4) is 0 Å². The number of hydrogen-bond donors (Lipinski definition) is 0. The number of aryl methyl sites for hydroxylation is 2. The van der Waals surface area contributed by atoms with Gasteiger partial charge in [-0.05, 0) is 87.0 Å². The monoisotopic (exact) mass is 426 g/mol. The highest BCUT2D eigenvalue weighted by molar-refractivity contribution is 6.25. The molecule has 0 N–H and O–H groups in total. The van der Waals surface area contributed by atoms with Gasteiger partial charge in [0.15, 0.2) is 5.78 Å². The van der Waals surface area contributed by atoms with Gasteiger partial charge in [-0.1, -0.05) is 19.1 Å². The van der Waals surface area contributed by atoms with Gasteiger partial charge in [0.05, 0.1) is 18.3 Å². The number of ketones is 1. The minimum absolute atomic E-state index is 0.0761. The Bertz CT molecular complexity index is 901. The third-order valence-electron chi connectivity index (χ3n) is 7.28. The van der Waals surface area contributed by atoms with E-state index in [0.717, 1.165) is 48.8 Å². The van der Waals surface area contributed by atoms with Crippen LogP contribution in [0.15, 0.2) is 17.9 Å². The second-order valence-corrected chi connectivity index (χ2v) is 9.30. The number of rotatable bonds is 6. The van der Waals surface area contributed by atoms with Gasteiger partial charge >= 0.3 is 6.16 Å². The number of allylic oxidation sites excluding steroid dienone is 2. The first-order chi connectivity index (χ1) is 14.9. The molecular formula is C26H34O5. The average Bonchev–Trinajstić information content (AvgIpc) is 3.56. The number of carbonyl (C=O) groups is 2. The Morgan fingerprint density at radius 1 is 1.13 bits per heavy atom. The van der Waals surface area contributed by atoms with Crippen LogP contribution in [-0.4, -0.2) is 31.8 Å². The summed E-state index contributed by atoms with van der Waals surface area (Å²) >= 11 is 0. The highest BCUT2D eigenvalue weighted by atomic mass is 16.7. The summed E-state index contributed by atoms with van der Waals surface area (Å²) in [6, 6.07) is 4.48. The Morgan fingerprint density at radius 2 is 1.84 bits per heavy atom. The highest BCUT2D eigenvalue weighted by Gasteiger charge is 2.50. The Labute approximate surface area is 185 Å². The summed E-state index contributed by atoms with van der Waals surface area (Å²) in [6.07, 6.45) is 6.43. The lowest BCUT2D eigenvalue weighted by atomic mass is 9.71. The third-order valence-corrected chi connectivity index (χ3v) is 7.28. The highest BCUT2D eigenvalue weighted by Crippen LogP contribution is 2.55. The number of ether oxygens (including phenoxy) is 3. The van der Waals surface area contributed by atoms with Gasteiger partial charge in [-0.2, -0.15) is 0 Å². The summed E-state index contributed by atoms with van der Waals surface area (Å²) < 4.78 is 16.5. The zero-order valence-electron chi connectivity index (χ0n) is 19.2. The van der Waals surface area contributed by atoms with Gasteiger partial charge in [-0.15, -0.1) is 0 Å². The molecule has 31 heavy (non-hydrogen) atoms. The van der Waals surface area contributed by atoms with Crippen LogP contribution in [0.25, 0.3) is 5.57 Å². The zero-order valence-corrected chi connectivity index (χ0v) is 19.2. The fourth-order valence-electron chi connectivity index (χ4n) is 5.47. The summed E-state index contributed by atoms with van der Waals surface area (Å²) in [7, 11) is 1.73. The summed E-state index contributed by atoms with van der Waals surface area (Å²) in [5, 5.41) is 0. The molecule has 0 heterocycles. The van der Waals surface area contributed by atoms with E-state index in [-0.39, 0.29) is 18.5 Å². The number of Topliss-reactive ketones (excluding diaryl/α,β-unsaturated/α-hetero) is 1. The minimum atomic E-state index is -0.719. The van der Waals surface area contributed by atoms with Crippen LogP contribution in [0.5, 0.6) is 0 Å². The lowest BCUT2D eigenvalue weighted by Gasteiger charge is -2.37. The molecule has 2 saturated carbocycles. The maximum atomic E-state index is 13.5. The standard InChI is InChI=1S/C26H34O5/c1-5-17-14-19(18-7-8-18)13-16(3)22(17)23-21(27)15-26(11-9-20(29-4)10-12-26)24(23)31-25(28)30-6-2/h13-14,18,20H,5-12,15H2,1-4H3. The molecule has 4 rings (SSSR count). The van der Waals surface area contributed by atoms with Gasteiger partial charge in [0.2, 0.25) is 0 Å². The van der Waals surface area contributed by atoms with Crippen molar-refractivity contribution >= 4 is 17.5 Å². The van der Waals surface area contributed by atoms with Crippen molar-refractivity contribution in [2.24, 2.45) is 5.41 Å². The van der Waals surface area contributed by atoms with Gasteiger partial charge in [0.25, 0.3) is 0 Å². The van der Waals surface area contributed by atoms with E-state index in [1.165, 1.54) is 18.4 Å². The Kier molecular flexibility index (Phi) is 6.25. The summed E-state index contributed by atoms with van der Waals surface area (Å²) in [6.45, 7) is 6.20. The van der Waals surface area contributed by atoms with Crippen LogP contribution >= 0.6 is 0 Å². The lowest BCUT2D eigenvalue weighted by Crippen LogP contribution is -2.32. The molecule has 3 aliphatic carbocycles. The van der Waals surface area contributed by atoms with Crippen LogP contribution in [0, 0.1) is 12.3 Å². The van der Waals surface area contributed by atoms with Crippen LogP contribution in [0.3, 0.4) is 0 Å². The summed E-state index contributed by atoms with van der Waals surface area (Å²) in [4.78, 5) is 25.9. The fourth-order valence-corrected chi connectivity index (χ4v) is 5.47. The Morgan fingerprint density at radius 3 is 2.42 bits per heavy atom. The molecule has 0 aliphatic heterocycles. The molecule has 1 aromatic carbocycles. The molecule has 3 aliphatic rings. The van der Waals surface area contributed by atoms with Gasteiger partial charge < -0.3 is 14.2 Å². The molecule has 5 heteroatoms. The van der Waals surface area contributed by atoms with Crippen LogP contribution in [0.2, 0.25) is 0 Å². The molecule has 0 unspecified atom stereocenters. The van der Waals surface area contributed by atoms with Crippen molar-refractivity contribution in [2.45, 2.75) is 84.2 Å². The van der Waals surface area contributed by atoms with E-state index < -0.39 is 11.6 Å². The van der Waals surface area contributed by atoms with Crippen molar-refractivity contribution in [1.82, 2.24) is 0 Å². The first kappa shape index (κ1) is 22.1. The van der Waals surface area contributed by atoms with Crippen molar-refractivity contribution in [3.63, 3.8) is 0 Å². The predicted molar refractivity (Wildman–Crippen MR) is 119 cm³/mol. The first-order valence-corrected chi connectivity index (χ1v) is 11.7. The number of benzene rings is 1. The number of carbonyl (C=O) groups excluding carboxylic acids is 2. The topological polar surface area (TPSA) is 61.8 Å². The number of hydrogen-bond acceptors (Lipinski definition) is 5. The van der Waals surface area contributed by atoms with E-state index in [0.29, 0.717) is 23.7 Å². The van der Waals surface area contributed by atoms with Crippen LogP contribution < -0.4 is 0 Å². The minimum Gasteiger partial charge on any atom is -0.434 e.